The molecule has 3 heterocycles. The summed E-state index contributed by atoms with van der Waals surface area (Å²) in [5.74, 6) is 0.286. The Morgan fingerprint density at radius 2 is 1.41 bits per heavy atom. The molecular weight excluding hydrogens is 843 g/mol. The third-order valence-electron chi connectivity index (χ3n) is 10.9. The normalized spacial score (nSPS) is 12.5. The summed E-state index contributed by atoms with van der Waals surface area (Å²) >= 11 is 3.58. The number of rotatable bonds is 9. The van der Waals surface area contributed by atoms with Crippen LogP contribution in [-0.2, 0) is 30.3 Å². The van der Waals surface area contributed by atoms with Crippen LogP contribution in [0.15, 0.2) is 83.9 Å². The molecule has 0 unspecified atom stereocenters. The van der Waals surface area contributed by atoms with Gasteiger partial charge in [0.2, 0.25) is 0 Å². The fraction of sp³-hybridized carbons (Fsp3) is 0.378. The molecule has 0 spiro atoms. The number of ketones is 1. The molecule has 0 aliphatic carbocycles. The maximum Gasteiger partial charge on any atom is 0.164 e. The van der Waals surface area contributed by atoms with Gasteiger partial charge in [-0.15, -0.1) is 51.8 Å². The van der Waals surface area contributed by atoms with Crippen molar-refractivity contribution in [3.8, 4) is 22.4 Å². The molecule has 3 aromatic heterocycles. The Hall–Kier alpha value is -3.15. The molecule has 1 radical (unpaired) electrons. The van der Waals surface area contributed by atoms with Crippen molar-refractivity contribution in [1.82, 2.24) is 4.98 Å². The SMILES string of the molecule is CCC(C)(CC)C(=O)/C=C(\O)C(C)(CC)CC.Cc1cc2c(-c3csc4ccccc34)cc(-c3[c-]c4ccccc4c(C(C)(C)C)c3)nc2s1.[Ir]. The number of benzene rings is 3. The van der Waals surface area contributed by atoms with Gasteiger partial charge in [-0.3, -0.25) is 9.78 Å². The van der Waals surface area contributed by atoms with Crippen molar-refractivity contribution >= 4 is 59.5 Å². The van der Waals surface area contributed by atoms with E-state index in [1.807, 2.05) is 52.9 Å². The van der Waals surface area contributed by atoms with Crippen LogP contribution >= 0.6 is 22.7 Å². The van der Waals surface area contributed by atoms with Gasteiger partial charge in [0, 0.05) is 68.6 Å². The van der Waals surface area contributed by atoms with E-state index >= 15 is 0 Å². The number of thiophene rings is 2. The molecule has 6 heteroatoms. The molecular formula is C45H52IrNO2S2-. The van der Waals surface area contributed by atoms with Crippen molar-refractivity contribution in [2.75, 3.05) is 0 Å². The van der Waals surface area contributed by atoms with Gasteiger partial charge in [0.25, 0.3) is 0 Å². The van der Waals surface area contributed by atoms with E-state index < -0.39 is 0 Å². The van der Waals surface area contributed by atoms with E-state index in [2.05, 4.69) is 106 Å². The number of hydrogen-bond donors (Lipinski definition) is 1. The summed E-state index contributed by atoms with van der Waals surface area (Å²) in [5.41, 5.74) is 5.36. The molecule has 3 nitrogen and oxygen atoms in total. The zero-order valence-corrected chi connectivity index (χ0v) is 35.8. The van der Waals surface area contributed by atoms with Gasteiger partial charge in [-0.05, 0) is 61.1 Å². The minimum Gasteiger partial charge on any atom is -0.512 e. The third-order valence-corrected chi connectivity index (χ3v) is 12.8. The number of aryl methyl sites for hydroxylation is 1. The van der Waals surface area contributed by atoms with Crippen molar-refractivity contribution in [1.29, 1.82) is 0 Å². The molecule has 0 aliphatic heterocycles. The van der Waals surface area contributed by atoms with Crippen LogP contribution in [0.1, 0.15) is 98.4 Å². The van der Waals surface area contributed by atoms with E-state index in [-0.39, 0.29) is 47.9 Å². The first-order chi connectivity index (χ1) is 23.7. The Labute approximate surface area is 326 Å². The Morgan fingerprint density at radius 3 is 2.04 bits per heavy atom. The molecule has 0 fully saturated rings. The van der Waals surface area contributed by atoms with Crippen molar-refractivity contribution in [2.24, 2.45) is 10.8 Å². The van der Waals surface area contributed by atoms with Crippen molar-refractivity contribution in [2.45, 2.75) is 100 Å². The molecule has 51 heavy (non-hydrogen) atoms. The first-order valence-electron chi connectivity index (χ1n) is 18.0. The molecule has 0 saturated carbocycles. The average molecular weight is 895 g/mol. The second-order valence-corrected chi connectivity index (χ2v) is 17.2. The van der Waals surface area contributed by atoms with Gasteiger partial charge < -0.3 is 5.11 Å². The van der Waals surface area contributed by atoms with Crippen LogP contribution in [-0.4, -0.2) is 15.9 Å². The van der Waals surface area contributed by atoms with E-state index in [0.29, 0.717) is 0 Å². The van der Waals surface area contributed by atoms with E-state index in [1.54, 1.807) is 11.3 Å². The molecule has 0 bridgehead atoms. The number of fused-ring (bicyclic) bond motifs is 3. The number of nitrogens with zero attached hydrogens (tertiary/aromatic N) is 1. The van der Waals surface area contributed by atoms with Crippen LogP contribution in [0.5, 0.6) is 0 Å². The van der Waals surface area contributed by atoms with Crippen LogP contribution in [0.2, 0.25) is 0 Å². The van der Waals surface area contributed by atoms with Gasteiger partial charge in [-0.1, -0.05) is 116 Å². The van der Waals surface area contributed by atoms with Gasteiger partial charge in [0.05, 0.1) is 0 Å². The van der Waals surface area contributed by atoms with Crippen molar-refractivity contribution in [3.05, 3.63) is 100 Å². The van der Waals surface area contributed by atoms with Gasteiger partial charge in [0.1, 0.15) is 10.6 Å². The molecule has 0 atom stereocenters. The van der Waals surface area contributed by atoms with E-state index in [1.165, 1.54) is 48.5 Å². The summed E-state index contributed by atoms with van der Waals surface area (Å²) in [6.45, 7) is 21.1. The Bertz CT molecular complexity index is 2170. The quantitative estimate of drug-likeness (QED) is 0.0894. The van der Waals surface area contributed by atoms with Gasteiger partial charge >= 0.3 is 0 Å². The third kappa shape index (κ3) is 8.41. The predicted octanol–water partition coefficient (Wildman–Crippen LogP) is 14.1. The first kappa shape index (κ1) is 40.6. The maximum absolute atomic E-state index is 12.2. The summed E-state index contributed by atoms with van der Waals surface area (Å²) in [6, 6.07) is 27.8. The fourth-order valence-corrected chi connectivity index (χ4v) is 8.22. The number of allylic oxidation sites excluding steroid dienone is 2. The summed E-state index contributed by atoms with van der Waals surface area (Å²) in [4.78, 5) is 19.7. The zero-order chi connectivity index (χ0) is 36.4. The number of aromatic nitrogens is 1. The van der Waals surface area contributed by atoms with Gasteiger partial charge in [-0.25, -0.2) is 0 Å². The number of carbonyl (C=O) groups excluding carboxylic acids is 1. The topological polar surface area (TPSA) is 50.2 Å². The van der Waals surface area contributed by atoms with E-state index in [0.717, 1.165) is 47.2 Å². The predicted molar refractivity (Wildman–Crippen MR) is 219 cm³/mol. The minimum atomic E-state index is -0.337. The summed E-state index contributed by atoms with van der Waals surface area (Å²) in [6.07, 6.45) is 4.75. The van der Waals surface area contributed by atoms with Gasteiger partial charge in [0.15, 0.2) is 5.78 Å². The van der Waals surface area contributed by atoms with E-state index in [4.69, 9.17) is 4.98 Å². The summed E-state index contributed by atoms with van der Waals surface area (Å²) in [7, 11) is 0. The van der Waals surface area contributed by atoms with Crippen LogP contribution in [0, 0.1) is 23.8 Å². The monoisotopic (exact) mass is 895 g/mol. The molecule has 3 aromatic carbocycles. The number of pyridine rings is 1. The molecule has 271 valence electrons. The van der Waals surface area contributed by atoms with Crippen LogP contribution in [0.4, 0.5) is 0 Å². The minimum absolute atomic E-state index is 0. The molecule has 6 aromatic rings. The van der Waals surface area contributed by atoms with Crippen molar-refractivity contribution < 1.29 is 30.0 Å². The molecule has 6 rings (SSSR count). The van der Waals surface area contributed by atoms with Gasteiger partial charge in [-0.2, -0.15) is 0 Å². The molecule has 0 saturated heterocycles. The van der Waals surface area contributed by atoms with Crippen LogP contribution < -0.4 is 0 Å². The standard InChI is InChI=1S/C30H24NS2.C15H28O2.Ir/c1-18-13-24-23(25-17-32-28-12-8-7-11-22(25)28)16-27(31-29(24)33-18)20-14-19-9-5-6-10-21(19)26(15-20)30(2,3)4;1-7-14(5,8-2)12(16)11-13(17)15(6,9-3)10-4;/h5-13,15-17H,1-4H3;11,16H,7-10H2,1-6H3;/q-1;;/b;12-11-;. The Morgan fingerprint density at radius 1 is 0.804 bits per heavy atom. The van der Waals surface area contributed by atoms with Crippen LogP contribution in [0.3, 0.4) is 0 Å². The zero-order valence-electron chi connectivity index (χ0n) is 31.8. The number of aliphatic hydroxyl groups excluding tert-OH is 1. The van der Waals surface area contributed by atoms with E-state index in [9.17, 15) is 9.90 Å². The molecule has 0 amide bonds. The summed E-state index contributed by atoms with van der Waals surface area (Å²) < 4.78 is 1.32. The molecule has 0 aliphatic rings. The first-order valence-corrected chi connectivity index (χ1v) is 19.7. The number of aliphatic hydroxyl groups is 1. The largest absolute Gasteiger partial charge is 0.512 e. The average Bonchev–Trinajstić information content (AvgIpc) is 3.72. The second-order valence-electron chi connectivity index (χ2n) is 15.1. The second kappa shape index (κ2) is 16.3. The fourth-order valence-electron chi connectivity index (χ4n) is 6.35. The maximum atomic E-state index is 12.2. The molecule has 1 N–H and O–H groups in total. The van der Waals surface area contributed by atoms with Crippen LogP contribution in [0.25, 0.3) is 53.5 Å². The number of hydrogen-bond acceptors (Lipinski definition) is 5. The Balaban J connectivity index is 0.000000279. The smallest absolute Gasteiger partial charge is 0.164 e. The Kier molecular flexibility index (Phi) is 12.9. The number of carbonyl (C=O) groups is 1. The van der Waals surface area contributed by atoms with Crippen molar-refractivity contribution in [3.63, 3.8) is 0 Å². The summed E-state index contributed by atoms with van der Waals surface area (Å²) in [5, 5.41) is 17.4.